The molecule has 0 spiro atoms. The zero-order valence-corrected chi connectivity index (χ0v) is 11.8. The molecule has 1 amide bonds. The molecule has 1 aromatic rings. The van der Waals surface area contributed by atoms with Crippen molar-refractivity contribution in [3.8, 4) is 0 Å². The number of carbonyl (C=O) groups is 2. The lowest BCUT2D eigenvalue weighted by atomic mass is 10.2. The highest BCUT2D eigenvalue weighted by Gasteiger charge is 2.32. The van der Waals surface area contributed by atoms with E-state index in [-0.39, 0.29) is 5.91 Å². The molecule has 2 rings (SSSR count). The molecule has 1 aromatic carbocycles. The Bertz CT molecular complexity index is 527. The van der Waals surface area contributed by atoms with E-state index in [1.54, 1.807) is 6.08 Å². The lowest BCUT2D eigenvalue weighted by Crippen LogP contribution is -2.39. The van der Waals surface area contributed by atoms with Gasteiger partial charge in [-0.3, -0.25) is 4.79 Å². The summed E-state index contributed by atoms with van der Waals surface area (Å²) in [5.74, 6) is -1.17. The number of rotatable bonds is 3. The Kier molecular flexibility index (Phi) is 4.37. The van der Waals surface area contributed by atoms with Crippen LogP contribution < -0.4 is 0 Å². The molecule has 0 unspecified atom stereocenters. The summed E-state index contributed by atoms with van der Waals surface area (Å²) in [4.78, 5) is 24.4. The molecule has 0 radical (unpaired) electrons. The number of carbonyl (C=O) groups excluding carboxylic acids is 1. The molecule has 0 aliphatic carbocycles. The monoisotopic (exact) mass is 323 g/mol. The topological polar surface area (TPSA) is 57.6 Å². The summed E-state index contributed by atoms with van der Waals surface area (Å²) in [6, 6.07) is 6.87. The van der Waals surface area contributed by atoms with Crippen molar-refractivity contribution in [3.05, 3.63) is 40.4 Å². The first-order chi connectivity index (χ1) is 9.08. The van der Waals surface area contributed by atoms with Gasteiger partial charge in [-0.1, -0.05) is 28.1 Å². The predicted octanol–water partition coefficient (Wildman–Crippen LogP) is 2.54. The molecule has 0 bridgehead atoms. The van der Waals surface area contributed by atoms with Crippen LogP contribution in [0.2, 0.25) is 0 Å². The van der Waals surface area contributed by atoms with Crippen LogP contribution in [-0.4, -0.2) is 34.5 Å². The molecule has 1 fully saturated rings. The van der Waals surface area contributed by atoms with Crippen LogP contribution in [0, 0.1) is 0 Å². The number of amides is 1. The molecule has 19 heavy (non-hydrogen) atoms. The zero-order valence-electron chi connectivity index (χ0n) is 10.3. The summed E-state index contributed by atoms with van der Waals surface area (Å²) in [6.07, 6.45) is 4.41. The molecule has 1 atom stereocenters. The SMILES string of the molecule is O=C(O)[C@H]1CCCN1C(=O)/C=C/c1cccc(Br)c1. The van der Waals surface area contributed by atoms with Crippen LogP contribution in [0.1, 0.15) is 18.4 Å². The number of aliphatic carboxylic acids is 1. The van der Waals surface area contributed by atoms with E-state index in [0.717, 1.165) is 16.5 Å². The number of carboxylic acids is 1. The number of halogens is 1. The quantitative estimate of drug-likeness (QED) is 0.870. The van der Waals surface area contributed by atoms with E-state index in [1.165, 1.54) is 11.0 Å². The number of benzene rings is 1. The standard InChI is InChI=1S/C14H14BrNO3/c15-11-4-1-3-10(9-11)6-7-13(17)16-8-2-5-12(16)14(18)19/h1,3-4,6-7,9,12H,2,5,8H2,(H,18,19)/b7-6+/t12-/m1/s1. The number of hydrogen-bond acceptors (Lipinski definition) is 2. The minimum absolute atomic E-state index is 0.245. The van der Waals surface area contributed by atoms with E-state index < -0.39 is 12.0 Å². The smallest absolute Gasteiger partial charge is 0.326 e. The van der Waals surface area contributed by atoms with Gasteiger partial charge in [0.05, 0.1) is 0 Å². The van der Waals surface area contributed by atoms with E-state index in [0.29, 0.717) is 13.0 Å². The highest BCUT2D eigenvalue weighted by molar-refractivity contribution is 9.10. The summed E-state index contributed by atoms with van der Waals surface area (Å²) >= 11 is 3.36. The van der Waals surface area contributed by atoms with Crippen molar-refractivity contribution >= 4 is 33.9 Å². The summed E-state index contributed by atoms with van der Waals surface area (Å²) in [5, 5.41) is 9.03. The maximum Gasteiger partial charge on any atom is 0.326 e. The lowest BCUT2D eigenvalue weighted by Gasteiger charge is -2.19. The van der Waals surface area contributed by atoms with Gasteiger partial charge in [0.25, 0.3) is 0 Å². The van der Waals surface area contributed by atoms with Crippen molar-refractivity contribution in [1.82, 2.24) is 4.90 Å². The Balaban J connectivity index is 2.06. The summed E-state index contributed by atoms with van der Waals surface area (Å²) in [7, 11) is 0. The van der Waals surface area contributed by atoms with Crippen LogP contribution in [0.15, 0.2) is 34.8 Å². The second-order valence-electron chi connectivity index (χ2n) is 4.42. The second kappa shape index (κ2) is 6.02. The Morgan fingerprint density at radius 1 is 1.42 bits per heavy atom. The maximum atomic E-state index is 12.0. The molecule has 5 heteroatoms. The fourth-order valence-electron chi connectivity index (χ4n) is 2.16. The first kappa shape index (κ1) is 13.8. The molecule has 1 aliphatic heterocycles. The van der Waals surface area contributed by atoms with E-state index in [4.69, 9.17) is 5.11 Å². The van der Waals surface area contributed by atoms with Crippen LogP contribution in [0.25, 0.3) is 6.08 Å². The third-order valence-corrected chi connectivity index (χ3v) is 3.58. The van der Waals surface area contributed by atoms with Gasteiger partial charge in [-0.2, -0.15) is 0 Å². The summed E-state index contributed by atoms with van der Waals surface area (Å²) in [6.45, 7) is 0.513. The number of likely N-dealkylation sites (tertiary alicyclic amines) is 1. The number of carboxylic acid groups (broad SMARTS) is 1. The lowest BCUT2D eigenvalue weighted by molar-refractivity contribution is -0.146. The molecule has 1 N–H and O–H groups in total. The Morgan fingerprint density at radius 3 is 2.89 bits per heavy atom. The third-order valence-electron chi connectivity index (χ3n) is 3.09. The van der Waals surface area contributed by atoms with E-state index in [9.17, 15) is 9.59 Å². The van der Waals surface area contributed by atoms with Gasteiger partial charge in [0.1, 0.15) is 6.04 Å². The van der Waals surface area contributed by atoms with Crippen LogP contribution >= 0.6 is 15.9 Å². The minimum Gasteiger partial charge on any atom is -0.480 e. The fourth-order valence-corrected chi connectivity index (χ4v) is 2.58. The molecule has 1 saturated heterocycles. The van der Waals surface area contributed by atoms with Crippen molar-refractivity contribution in [2.75, 3.05) is 6.54 Å². The molecular weight excluding hydrogens is 310 g/mol. The van der Waals surface area contributed by atoms with Crippen LogP contribution in [0.3, 0.4) is 0 Å². The Morgan fingerprint density at radius 2 is 2.21 bits per heavy atom. The summed E-state index contributed by atoms with van der Waals surface area (Å²) in [5.41, 5.74) is 0.897. The van der Waals surface area contributed by atoms with Gasteiger partial charge in [-0.05, 0) is 36.6 Å². The molecule has 0 saturated carbocycles. The van der Waals surface area contributed by atoms with Crippen LogP contribution in [0.4, 0.5) is 0 Å². The molecule has 100 valence electrons. The van der Waals surface area contributed by atoms with Crippen molar-refractivity contribution in [2.24, 2.45) is 0 Å². The van der Waals surface area contributed by atoms with Gasteiger partial charge in [0, 0.05) is 17.1 Å². The minimum atomic E-state index is -0.929. The average Bonchev–Trinajstić information content (AvgIpc) is 2.85. The number of nitrogens with zero attached hydrogens (tertiary/aromatic N) is 1. The van der Waals surface area contributed by atoms with Crippen molar-refractivity contribution in [1.29, 1.82) is 0 Å². The van der Waals surface area contributed by atoms with Gasteiger partial charge in [-0.15, -0.1) is 0 Å². The van der Waals surface area contributed by atoms with Gasteiger partial charge in [0.15, 0.2) is 0 Å². The van der Waals surface area contributed by atoms with Crippen molar-refractivity contribution < 1.29 is 14.7 Å². The fraction of sp³-hybridized carbons (Fsp3) is 0.286. The Hall–Kier alpha value is -1.62. The van der Waals surface area contributed by atoms with Crippen molar-refractivity contribution in [2.45, 2.75) is 18.9 Å². The molecule has 0 aromatic heterocycles. The number of hydrogen-bond donors (Lipinski definition) is 1. The second-order valence-corrected chi connectivity index (χ2v) is 5.33. The van der Waals surface area contributed by atoms with Crippen LogP contribution in [0.5, 0.6) is 0 Å². The van der Waals surface area contributed by atoms with E-state index in [2.05, 4.69) is 15.9 Å². The predicted molar refractivity (Wildman–Crippen MR) is 75.5 cm³/mol. The molecular formula is C14H14BrNO3. The largest absolute Gasteiger partial charge is 0.480 e. The van der Waals surface area contributed by atoms with E-state index in [1.807, 2.05) is 24.3 Å². The molecule has 1 aliphatic rings. The highest BCUT2D eigenvalue weighted by Crippen LogP contribution is 2.18. The highest BCUT2D eigenvalue weighted by atomic mass is 79.9. The normalized spacial score (nSPS) is 19.0. The Labute approximate surface area is 119 Å². The van der Waals surface area contributed by atoms with E-state index >= 15 is 0 Å². The average molecular weight is 324 g/mol. The van der Waals surface area contributed by atoms with Gasteiger partial charge in [0.2, 0.25) is 5.91 Å². The zero-order chi connectivity index (χ0) is 13.8. The van der Waals surface area contributed by atoms with Gasteiger partial charge < -0.3 is 10.0 Å². The van der Waals surface area contributed by atoms with Crippen molar-refractivity contribution in [3.63, 3.8) is 0 Å². The summed E-state index contributed by atoms with van der Waals surface area (Å²) < 4.78 is 0.937. The maximum absolute atomic E-state index is 12.0. The molecule has 1 heterocycles. The van der Waals surface area contributed by atoms with Gasteiger partial charge in [-0.25, -0.2) is 4.79 Å². The van der Waals surface area contributed by atoms with Gasteiger partial charge >= 0.3 is 5.97 Å². The third kappa shape index (κ3) is 3.44. The first-order valence-corrected chi connectivity index (χ1v) is 6.84. The van der Waals surface area contributed by atoms with Crippen LogP contribution in [-0.2, 0) is 9.59 Å². The molecule has 4 nitrogen and oxygen atoms in total. The first-order valence-electron chi connectivity index (χ1n) is 6.05.